The molecule has 0 aromatic heterocycles. The van der Waals surface area contributed by atoms with E-state index >= 15 is 0 Å². The molecule has 1 aliphatic rings. The van der Waals surface area contributed by atoms with E-state index in [0.29, 0.717) is 26.2 Å². The summed E-state index contributed by atoms with van der Waals surface area (Å²) >= 11 is 0. The van der Waals surface area contributed by atoms with Crippen LogP contribution in [0.1, 0.15) is 10.4 Å². The van der Waals surface area contributed by atoms with Crippen LogP contribution in [0.2, 0.25) is 0 Å². The summed E-state index contributed by atoms with van der Waals surface area (Å²) in [6.45, 7) is 1.74. The van der Waals surface area contributed by atoms with Crippen LogP contribution in [0.5, 0.6) is 0 Å². The van der Waals surface area contributed by atoms with Crippen molar-refractivity contribution < 1.29 is 19.6 Å². The van der Waals surface area contributed by atoms with Crippen molar-refractivity contribution in [3.8, 4) is 0 Å². The molecule has 1 amide bonds. The third-order valence-electron chi connectivity index (χ3n) is 3.32. The number of hydrogen-bond donors (Lipinski definition) is 1. The molecule has 0 radical (unpaired) electrons. The van der Waals surface area contributed by atoms with Gasteiger partial charge in [0, 0.05) is 43.9 Å². The zero-order valence-electron chi connectivity index (χ0n) is 11.3. The van der Waals surface area contributed by atoms with E-state index in [4.69, 9.17) is 5.11 Å². The normalized spacial score (nSPS) is 15.7. The highest BCUT2D eigenvalue weighted by Gasteiger charge is 2.24. The van der Waals surface area contributed by atoms with Crippen molar-refractivity contribution in [1.82, 2.24) is 9.80 Å². The molecule has 1 heterocycles. The van der Waals surface area contributed by atoms with Crippen LogP contribution in [0.4, 0.5) is 5.69 Å². The highest BCUT2D eigenvalue weighted by molar-refractivity contribution is 5.94. The minimum atomic E-state index is -0.895. The van der Waals surface area contributed by atoms with Gasteiger partial charge < -0.3 is 10.0 Å². The number of rotatable bonds is 4. The fraction of sp³-hybridized carbons (Fsp3) is 0.385. The van der Waals surface area contributed by atoms with Gasteiger partial charge in [-0.15, -0.1) is 0 Å². The number of aliphatic carboxylic acids is 1. The predicted molar refractivity (Wildman–Crippen MR) is 73.1 cm³/mol. The van der Waals surface area contributed by atoms with E-state index in [1.807, 2.05) is 0 Å². The number of carboxylic acids is 1. The molecule has 1 fully saturated rings. The van der Waals surface area contributed by atoms with Crippen molar-refractivity contribution in [2.24, 2.45) is 0 Å². The molecule has 0 atom stereocenters. The molecule has 0 aliphatic carbocycles. The van der Waals surface area contributed by atoms with Crippen LogP contribution in [0, 0.1) is 10.1 Å². The number of carboxylic acid groups (broad SMARTS) is 1. The lowest BCUT2D eigenvalue weighted by Crippen LogP contribution is -2.49. The first-order valence-corrected chi connectivity index (χ1v) is 6.45. The van der Waals surface area contributed by atoms with Crippen LogP contribution in [-0.4, -0.2) is 64.4 Å². The zero-order chi connectivity index (χ0) is 15.4. The first-order chi connectivity index (χ1) is 9.97. The number of hydrogen-bond acceptors (Lipinski definition) is 5. The molecule has 1 aliphatic heterocycles. The topological polar surface area (TPSA) is 104 Å². The lowest BCUT2D eigenvalue weighted by molar-refractivity contribution is -0.384. The third-order valence-corrected chi connectivity index (χ3v) is 3.32. The van der Waals surface area contributed by atoms with Gasteiger partial charge in [0.2, 0.25) is 0 Å². The maximum absolute atomic E-state index is 12.3. The summed E-state index contributed by atoms with van der Waals surface area (Å²) in [5, 5.41) is 19.4. The monoisotopic (exact) mass is 293 g/mol. The predicted octanol–water partition coefficient (Wildman–Crippen LogP) is 0.437. The third kappa shape index (κ3) is 3.76. The fourth-order valence-corrected chi connectivity index (χ4v) is 2.24. The zero-order valence-corrected chi connectivity index (χ0v) is 11.3. The van der Waals surface area contributed by atoms with E-state index in [-0.39, 0.29) is 23.7 Å². The Morgan fingerprint density at radius 2 is 1.90 bits per heavy atom. The van der Waals surface area contributed by atoms with Gasteiger partial charge in [0.15, 0.2) is 0 Å². The van der Waals surface area contributed by atoms with Gasteiger partial charge in [-0.3, -0.25) is 24.6 Å². The van der Waals surface area contributed by atoms with Crippen molar-refractivity contribution in [2.75, 3.05) is 32.7 Å². The number of non-ortho nitro benzene ring substituents is 1. The average molecular weight is 293 g/mol. The number of nitrogens with zero attached hydrogens (tertiary/aromatic N) is 3. The maximum atomic E-state index is 12.3. The largest absolute Gasteiger partial charge is 0.480 e. The highest BCUT2D eigenvalue weighted by Crippen LogP contribution is 2.15. The summed E-state index contributed by atoms with van der Waals surface area (Å²) in [6, 6.07) is 5.61. The molecular weight excluding hydrogens is 278 g/mol. The molecule has 1 saturated heterocycles. The number of amides is 1. The van der Waals surface area contributed by atoms with E-state index in [2.05, 4.69) is 0 Å². The molecule has 21 heavy (non-hydrogen) atoms. The summed E-state index contributed by atoms with van der Waals surface area (Å²) in [5.74, 6) is -1.16. The van der Waals surface area contributed by atoms with Gasteiger partial charge in [-0.1, -0.05) is 6.07 Å². The van der Waals surface area contributed by atoms with Gasteiger partial charge in [0.25, 0.3) is 11.6 Å². The van der Waals surface area contributed by atoms with E-state index in [1.54, 1.807) is 15.9 Å². The van der Waals surface area contributed by atoms with Gasteiger partial charge in [-0.05, 0) is 6.07 Å². The van der Waals surface area contributed by atoms with Gasteiger partial charge in [0.1, 0.15) is 0 Å². The van der Waals surface area contributed by atoms with Crippen molar-refractivity contribution in [3.63, 3.8) is 0 Å². The number of nitro benzene ring substituents is 1. The second kappa shape index (κ2) is 6.31. The molecular formula is C13H15N3O5. The molecule has 0 saturated carbocycles. The van der Waals surface area contributed by atoms with Crippen LogP contribution >= 0.6 is 0 Å². The Hall–Kier alpha value is -2.48. The minimum Gasteiger partial charge on any atom is -0.480 e. The summed E-state index contributed by atoms with van der Waals surface area (Å²) in [5.41, 5.74) is 0.154. The van der Waals surface area contributed by atoms with Gasteiger partial charge in [-0.2, -0.15) is 0 Å². The van der Waals surface area contributed by atoms with Gasteiger partial charge >= 0.3 is 5.97 Å². The quantitative estimate of drug-likeness (QED) is 0.638. The number of nitro groups is 1. The fourth-order valence-electron chi connectivity index (χ4n) is 2.24. The maximum Gasteiger partial charge on any atom is 0.317 e. The van der Waals surface area contributed by atoms with Crippen molar-refractivity contribution >= 4 is 17.6 Å². The Labute approximate surface area is 120 Å². The van der Waals surface area contributed by atoms with Gasteiger partial charge in [-0.25, -0.2) is 0 Å². The molecule has 1 aromatic rings. The Balaban J connectivity index is 2.00. The van der Waals surface area contributed by atoms with Crippen molar-refractivity contribution in [1.29, 1.82) is 0 Å². The molecule has 1 N–H and O–H groups in total. The van der Waals surface area contributed by atoms with Crippen LogP contribution in [0.3, 0.4) is 0 Å². The van der Waals surface area contributed by atoms with Crippen LogP contribution in [0.25, 0.3) is 0 Å². The summed E-state index contributed by atoms with van der Waals surface area (Å²) < 4.78 is 0. The molecule has 0 unspecified atom stereocenters. The van der Waals surface area contributed by atoms with Crippen LogP contribution < -0.4 is 0 Å². The summed E-state index contributed by atoms with van der Waals surface area (Å²) in [7, 11) is 0. The molecule has 2 rings (SSSR count). The van der Waals surface area contributed by atoms with Crippen LogP contribution in [0.15, 0.2) is 24.3 Å². The van der Waals surface area contributed by atoms with Crippen LogP contribution in [-0.2, 0) is 4.79 Å². The molecule has 112 valence electrons. The Morgan fingerprint density at radius 3 is 2.48 bits per heavy atom. The van der Waals surface area contributed by atoms with Gasteiger partial charge in [0.05, 0.1) is 11.5 Å². The highest BCUT2D eigenvalue weighted by atomic mass is 16.6. The smallest absolute Gasteiger partial charge is 0.317 e. The first-order valence-electron chi connectivity index (χ1n) is 6.45. The Morgan fingerprint density at radius 1 is 1.24 bits per heavy atom. The van der Waals surface area contributed by atoms with E-state index in [1.165, 1.54) is 18.2 Å². The number of benzene rings is 1. The summed E-state index contributed by atoms with van der Waals surface area (Å²) in [6.07, 6.45) is 0. The molecule has 0 spiro atoms. The Bertz CT molecular complexity index is 567. The second-order valence-corrected chi connectivity index (χ2v) is 4.77. The van der Waals surface area contributed by atoms with E-state index in [0.717, 1.165) is 0 Å². The average Bonchev–Trinajstić information content (AvgIpc) is 2.47. The number of piperazine rings is 1. The standard InChI is InChI=1S/C13H15N3O5/c17-12(18)9-14-4-6-15(7-5-14)13(19)10-2-1-3-11(8-10)16(20)21/h1-3,8H,4-7,9H2,(H,17,18). The Kier molecular flexibility index (Phi) is 4.49. The molecule has 8 heteroatoms. The molecule has 0 bridgehead atoms. The van der Waals surface area contributed by atoms with E-state index in [9.17, 15) is 19.7 Å². The first kappa shape index (κ1) is 14.9. The van der Waals surface area contributed by atoms with E-state index < -0.39 is 10.9 Å². The molecule has 1 aromatic carbocycles. The number of carbonyl (C=O) groups excluding carboxylic acids is 1. The van der Waals surface area contributed by atoms with Crippen molar-refractivity contribution in [3.05, 3.63) is 39.9 Å². The number of carbonyl (C=O) groups is 2. The molecule has 8 nitrogen and oxygen atoms in total. The SMILES string of the molecule is O=C(O)CN1CCN(C(=O)c2cccc([N+](=O)[O-])c2)CC1. The lowest BCUT2D eigenvalue weighted by Gasteiger charge is -2.33. The summed E-state index contributed by atoms with van der Waals surface area (Å²) in [4.78, 5) is 36.4. The van der Waals surface area contributed by atoms with Crippen molar-refractivity contribution in [2.45, 2.75) is 0 Å². The minimum absolute atomic E-state index is 0.0428. The lowest BCUT2D eigenvalue weighted by atomic mass is 10.1. The second-order valence-electron chi connectivity index (χ2n) is 4.77.